The minimum Gasteiger partial charge on any atom is -0.465 e. The van der Waals surface area contributed by atoms with Crippen LogP contribution in [0.5, 0.6) is 0 Å². The van der Waals surface area contributed by atoms with Crippen molar-refractivity contribution in [3.8, 4) is 11.1 Å². The number of hydrogen-bond acceptors (Lipinski definition) is 4. The van der Waals surface area contributed by atoms with Crippen LogP contribution in [0.4, 0.5) is 20.7 Å². The molecule has 6 nitrogen and oxygen atoms in total. The number of aryl methyl sites for hydroxylation is 1. The molecule has 27 heavy (non-hydrogen) atoms. The molecular weight excluding hydrogens is 371 g/mol. The van der Waals surface area contributed by atoms with Gasteiger partial charge in [0.1, 0.15) is 11.6 Å². The predicted octanol–water partition coefficient (Wildman–Crippen LogP) is 4.41. The Morgan fingerprint density at radius 1 is 1.30 bits per heavy atom. The molecule has 0 aliphatic carbocycles. The number of rotatable bonds is 1. The molecule has 8 heteroatoms. The maximum Gasteiger partial charge on any atom is 0.411 e. The standard InChI is InChI=1S/C19H16ClFN4O2/c1-9-12(7-23-14-3-2-4-25(18(9)14)19(26)27)11-5-10-6-15(22)24-8-13(10)16(20)17(11)21/h5-8H,2-4H2,1H3,(H2,22,24)(H,26,27). The van der Waals surface area contributed by atoms with Crippen LogP contribution in [0.1, 0.15) is 17.7 Å². The minimum atomic E-state index is -1.05. The number of halogens is 2. The van der Waals surface area contributed by atoms with Crippen LogP contribution < -0.4 is 10.6 Å². The molecule has 0 atom stereocenters. The first-order valence-corrected chi connectivity index (χ1v) is 8.78. The number of nitrogen functional groups attached to an aromatic ring is 1. The minimum absolute atomic E-state index is 0.0535. The summed E-state index contributed by atoms with van der Waals surface area (Å²) in [4.78, 5) is 21.3. The molecule has 1 amide bonds. The van der Waals surface area contributed by atoms with Crippen molar-refractivity contribution >= 4 is 40.0 Å². The van der Waals surface area contributed by atoms with Gasteiger partial charge in [-0.15, -0.1) is 0 Å². The highest BCUT2D eigenvalue weighted by molar-refractivity contribution is 6.36. The zero-order chi connectivity index (χ0) is 19.3. The molecule has 3 aromatic rings. The molecule has 4 rings (SSSR count). The fraction of sp³-hybridized carbons (Fsp3) is 0.211. The van der Waals surface area contributed by atoms with Crippen LogP contribution in [0.3, 0.4) is 0 Å². The van der Waals surface area contributed by atoms with Crippen molar-refractivity contribution in [3.63, 3.8) is 0 Å². The van der Waals surface area contributed by atoms with Gasteiger partial charge in [-0.1, -0.05) is 11.6 Å². The summed E-state index contributed by atoms with van der Waals surface area (Å²) in [5.41, 5.74) is 8.37. The van der Waals surface area contributed by atoms with E-state index in [1.165, 1.54) is 11.1 Å². The molecule has 3 N–H and O–H groups in total. The van der Waals surface area contributed by atoms with E-state index in [1.54, 1.807) is 25.3 Å². The van der Waals surface area contributed by atoms with Gasteiger partial charge in [0, 0.05) is 35.5 Å². The first kappa shape index (κ1) is 17.5. The zero-order valence-electron chi connectivity index (χ0n) is 14.5. The lowest BCUT2D eigenvalue weighted by Gasteiger charge is -2.29. The smallest absolute Gasteiger partial charge is 0.411 e. The van der Waals surface area contributed by atoms with E-state index in [0.29, 0.717) is 58.5 Å². The van der Waals surface area contributed by atoms with Gasteiger partial charge >= 0.3 is 6.09 Å². The van der Waals surface area contributed by atoms with Crippen molar-refractivity contribution in [2.75, 3.05) is 17.2 Å². The van der Waals surface area contributed by atoms with Crippen LogP contribution in [0.15, 0.2) is 24.5 Å². The summed E-state index contributed by atoms with van der Waals surface area (Å²) >= 11 is 6.23. The van der Waals surface area contributed by atoms with Crippen molar-refractivity contribution in [1.29, 1.82) is 0 Å². The Labute approximate surface area is 159 Å². The fourth-order valence-corrected chi connectivity index (χ4v) is 3.87. The van der Waals surface area contributed by atoms with Crippen molar-refractivity contribution < 1.29 is 14.3 Å². The Balaban J connectivity index is 1.98. The number of anilines is 2. The van der Waals surface area contributed by atoms with Gasteiger partial charge < -0.3 is 10.8 Å². The van der Waals surface area contributed by atoms with E-state index in [1.807, 2.05) is 0 Å². The van der Waals surface area contributed by atoms with Gasteiger partial charge in [-0.05, 0) is 42.8 Å². The average Bonchev–Trinajstić information content (AvgIpc) is 2.64. The third kappa shape index (κ3) is 2.75. The van der Waals surface area contributed by atoms with Crippen molar-refractivity contribution in [2.24, 2.45) is 0 Å². The lowest BCUT2D eigenvalue weighted by molar-refractivity contribution is 0.201. The number of benzene rings is 1. The van der Waals surface area contributed by atoms with Crippen LogP contribution in [-0.4, -0.2) is 27.7 Å². The quantitative estimate of drug-likeness (QED) is 0.646. The van der Waals surface area contributed by atoms with Gasteiger partial charge in [-0.3, -0.25) is 9.88 Å². The summed E-state index contributed by atoms with van der Waals surface area (Å²) in [6, 6.07) is 3.26. The van der Waals surface area contributed by atoms with Crippen LogP contribution >= 0.6 is 11.6 Å². The zero-order valence-corrected chi connectivity index (χ0v) is 15.2. The molecule has 138 valence electrons. The van der Waals surface area contributed by atoms with Gasteiger partial charge in [0.05, 0.1) is 16.4 Å². The van der Waals surface area contributed by atoms with Crippen molar-refractivity contribution in [3.05, 3.63) is 46.6 Å². The van der Waals surface area contributed by atoms with Crippen LogP contribution in [0.25, 0.3) is 21.9 Å². The monoisotopic (exact) mass is 386 g/mol. The molecule has 0 spiro atoms. The first-order valence-electron chi connectivity index (χ1n) is 8.41. The van der Waals surface area contributed by atoms with E-state index < -0.39 is 11.9 Å². The number of amides is 1. The van der Waals surface area contributed by atoms with Gasteiger partial charge in [0.15, 0.2) is 0 Å². The number of aromatic nitrogens is 2. The largest absolute Gasteiger partial charge is 0.465 e. The van der Waals surface area contributed by atoms with E-state index in [2.05, 4.69) is 9.97 Å². The number of nitrogens with two attached hydrogens (primary N) is 1. The van der Waals surface area contributed by atoms with E-state index >= 15 is 4.39 Å². The topological polar surface area (TPSA) is 92.3 Å². The molecule has 1 aromatic carbocycles. The molecule has 1 aliphatic rings. The Morgan fingerprint density at radius 2 is 2.07 bits per heavy atom. The van der Waals surface area contributed by atoms with Gasteiger partial charge in [0.25, 0.3) is 0 Å². The number of fused-ring (bicyclic) bond motifs is 2. The van der Waals surface area contributed by atoms with E-state index in [-0.39, 0.29) is 10.6 Å². The summed E-state index contributed by atoms with van der Waals surface area (Å²) in [6.07, 6.45) is 3.35. The Hall–Kier alpha value is -2.93. The highest BCUT2D eigenvalue weighted by atomic mass is 35.5. The lowest BCUT2D eigenvalue weighted by Crippen LogP contribution is -2.35. The van der Waals surface area contributed by atoms with Gasteiger partial charge in [0.2, 0.25) is 0 Å². The third-order valence-corrected chi connectivity index (χ3v) is 5.26. The molecule has 0 bridgehead atoms. The van der Waals surface area contributed by atoms with E-state index in [0.717, 1.165) is 0 Å². The molecule has 0 saturated carbocycles. The summed E-state index contributed by atoms with van der Waals surface area (Å²) < 4.78 is 15.0. The average molecular weight is 387 g/mol. The van der Waals surface area contributed by atoms with Crippen LogP contribution in [0, 0.1) is 12.7 Å². The molecule has 0 unspecified atom stereocenters. The second kappa shape index (κ2) is 6.35. The molecule has 3 heterocycles. The van der Waals surface area contributed by atoms with Crippen LogP contribution in [0.2, 0.25) is 5.02 Å². The lowest BCUT2D eigenvalue weighted by atomic mass is 9.95. The second-order valence-electron chi connectivity index (χ2n) is 6.51. The SMILES string of the molecule is Cc1c(-c2cc3cc(N)ncc3c(Cl)c2F)cnc2c1N(C(=O)O)CCC2. The van der Waals surface area contributed by atoms with E-state index in [9.17, 15) is 9.90 Å². The Kier molecular flexibility index (Phi) is 4.11. The molecule has 0 fully saturated rings. The Bertz CT molecular complexity index is 1100. The first-order chi connectivity index (χ1) is 12.9. The summed E-state index contributed by atoms with van der Waals surface area (Å²) in [5, 5.41) is 10.6. The third-order valence-electron chi connectivity index (χ3n) is 4.89. The number of nitrogens with zero attached hydrogens (tertiary/aromatic N) is 3. The molecule has 0 saturated heterocycles. The van der Waals surface area contributed by atoms with E-state index in [4.69, 9.17) is 17.3 Å². The van der Waals surface area contributed by atoms with Crippen LogP contribution in [-0.2, 0) is 6.42 Å². The highest BCUT2D eigenvalue weighted by Crippen LogP contribution is 2.40. The summed E-state index contributed by atoms with van der Waals surface area (Å²) in [7, 11) is 0. The Morgan fingerprint density at radius 3 is 2.81 bits per heavy atom. The number of pyridine rings is 2. The second-order valence-corrected chi connectivity index (χ2v) is 6.89. The molecular formula is C19H16ClFN4O2. The summed E-state index contributed by atoms with van der Waals surface area (Å²) in [5.74, 6) is -0.299. The number of carbonyl (C=O) groups is 1. The fourth-order valence-electron chi connectivity index (χ4n) is 3.61. The molecule has 1 aliphatic heterocycles. The summed E-state index contributed by atoms with van der Waals surface area (Å²) in [6.45, 7) is 2.16. The van der Waals surface area contributed by atoms with Crippen molar-refractivity contribution in [1.82, 2.24) is 9.97 Å². The molecule has 0 radical (unpaired) electrons. The number of hydrogen-bond donors (Lipinski definition) is 2. The molecule has 2 aromatic heterocycles. The normalized spacial score (nSPS) is 13.7. The van der Waals surface area contributed by atoms with Crippen molar-refractivity contribution in [2.45, 2.75) is 19.8 Å². The van der Waals surface area contributed by atoms with Gasteiger partial charge in [-0.25, -0.2) is 14.2 Å². The maximum atomic E-state index is 15.0. The predicted molar refractivity (Wildman–Crippen MR) is 103 cm³/mol. The number of carboxylic acid groups (broad SMARTS) is 1. The maximum absolute atomic E-state index is 15.0. The highest BCUT2D eigenvalue weighted by Gasteiger charge is 2.27. The van der Waals surface area contributed by atoms with Gasteiger partial charge in [-0.2, -0.15) is 0 Å².